The molecule has 0 radical (unpaired) electrons. The second-order valence-corrected chi connectivity index (χ2v) is 8.15. The quantitative estimate of drug-likeness (QED) is 0.604. The van der Waals surface area contributed by atoms with Crippen LogP contribution in [0, 0.1) is 0 Å². The van der Waals surface area contributed by atoms with Gasteiger partial charge in [0.2, 0.25) is 0 Å². The fourth-order valence-corrected chi connectivity index (χ4v) is 4.79. The highest BCUT2D eigenvalue weighted by Gasteiger charge is 2.34. The maximum atomic E-state index is 13.5. The molecule has 0 bridgehead atoms. The number of phenols is 1. The molecule has 7 nitrogen and oxygen atoms in total. The van der Waals surface area contributed by atoms with E-state index in [9.17, 15) is 14.7 Å². The number of allylic oxidation sites excluding steroid dienone is 1. The zero-order valence-corrected chi connectivity index (χ0v) is 18.7. The molecule has 164 valence electrons. The lowest BCUT2D eigenvalue weighted by Crippen LogP contribution is -2.40. The molecule has 1 aliphatic rings. The molecule has 1 N–H and O–H groups in total. The summed E-state index contributed by atoms with van der Waals surface area (Å²) in [5.74, 6) is 0.141. The highest BCUT2D eigenvalue weighted by molar-refractivity contribution is 7.07. The number of benzene rings is 2. The van der Waals surface area contributed by atoms with Gasteiger partial charge >= 0.3 is 5.97 Å². The number of carbonyl (C=O) groups excluding carboxylic acids is 1. The van der Waals surface area contributed by atoms with Crippen LogP contribution in [0.4, 0.5) is 0 Å². The molecule has 1 aliphatic heterocycles. The Morgan fingerprint density at radius 2 is 2.03 bits per heavy atom. The SMILES string of the molecule is CCOC(=O)C1=C(C)N=c2sc(=Cc3cccc(O)c3)c(=O)n2C1c1ccccc1OC. The number of aromatic hydroxyl groups is 1. The van der Waals surface area contributed by atoms with Gasteiger partial charge in [-0.1, -0.05) is 41.7 Å². The third-order valence-electron chi connectivity index (χ3n) is 5.12. The summed E-state index contributed by atoms with van der Waals surface area (Å²) in [7, 11) is 1.55. The van der Waals surface area contributed by atoms with E-state index in [4.69, 9.17) is 9.47 Å². The number of esters is 1. The number of rotatable bonds is 5. The van der Waals surface area contributed by atoms with Crippen LogP contribution in [-0.4, -0.2) is 29.4 Å². The average molecular weight is 451 g/mol. The minimum atomic E-state index is -0.743. The fraction of sp³-hybridized carbons (Fsp3) is 0.208. The number of hydrogen-bond acceptors (Lipinski definition) is 7. The van der Waals surface area contributed by atoms with Gasteiger partial charge in [-0.2, -0.15) is 0 Å². The number of phenolic OH excluding ortho intramolecular Hbond substituents is 1. The maximum absolute atomic E-state index is 13.5. The Morgan fingerprint density at radius 1 is 1.25 bits per heavy atom. The molecule has 8 heteroatoms. The van der Waals surface area contributed by atoms with Gasteiger partial charge in [0.25, 0.3) is 5.56 Å². The number of aromatic nitrogens is 1. The Bertz CT molecular complexity index is 1400. The molecule has 1 unspecified atom stereocenters. The molecule has 0 aliphatic carbocycles. The Morgan fingerprint density at radius 3 is 2.75 bits per heavy atom. The standard InChI is InChI=1S/C24H22N2O5S/c1-4-31-23(29)20-14(2)25-24-26(21(20)17-10-5-6-11-18(17)30-3)22(28)19(32-24)13-15-8-7-9-16(27)12-15/h5-13,21,27H,4H2,1-3H3. The number of para-hydroxylation sites is 1. The van der Waals surface area contributed by atoms with E-state index in [1.807, 2.05) is 18.2 Å². The Balaban J connectivity index is 2.00. The van der Waals surface area contributed by atoms with Crippen LogP contribution >= 0.6 is 11.3 Å². The van der Waals surface area contributed by atoms with Crippen molar-refractivity contribution in [2.75, 3.05) is 13.7 Å². The van der Waals surface area contributed by atoms with Crippen molar-refractivity contribution in [3.63, 3.8) is 0 Å². The summed E-state index contributed by atoms with van der Waals surface area (Å²) >= 11 is 1.22. The van der Waals surface area contributed by atoms with Crippen LogP contribution in [0.5, 0.6) is 11.5 Å². The van der Waals surface area contributed by atoms with E-state index >= 15 is 0 Å². The van der Waals surface area contributed by atoms with E-state index in [2.05, 4.69) is 4.99 Å². The van der Waals surface area contributed by atoms with Crippen molar-refractivity contribution in [3.05, 3.63) is 90.6 Å². The summed E-state index contributed by atoms with van der Waals surface area (Å²) in [5, 5.41) is 9.76. The number of hydrogen-bond donors (Lipinski definition) is 1. The maximum Gasteiger partial charge on any atom is 0.338 e. The van der Waals surface area contributed by atoms with Crippen LogP contribution in [0.1, 0.15) is 31.0 Å². The first-order valence-electron chi connectivity index (χ1n) is 10.1. The van der Waals surface area contributed by atoms with E-state index in [-0.39, 0.29) is 17.9 Å². The van der Waals surface area contributed by atoms with E-state index in [0.29, 0.717) is 37.5 Å². The lowest BCUT2D eigenvalue weighted by Gasteiger charge is -2.25. The normalized spacial score (nSPS) is 15.8. The van der Waals surface area contributed by atoms with Crippen molar-refractivity contribution < 1.29 is 19.4 Å². The molecule has 0 saturated carbocycles. The third kappa shape index (κ3) is 3.85. The highest BCUT2D eigenvalue weighted by Crippen LogP contribution is 2.35. The summed E-state index contributed by atoms with van der Waals surface area (Å²) < 4.78 is 12.8. The van der Waals surface area contributed by atoms with Crippen molar-refractivity contribution in [1.82, 2.24) is 4.57 Å². The first-order valence-corrected chi connectivity index (χ1v) is 10.9. The predicted molar refractivity (Wildman–Crippen MR) is 121 cm³/mol. The third-order valence-corrected chi connectivity index (χ3v) is 6.10. The number of fused-ring (bicyclic) bond motifs is 1. The van der Waals surface area contributed by atoms with Crippen LogP contribution in [0.3, 0.4) is 0 Å². The molecular weight excluding hydrogens is 428 g/mol. The summed E-state index contributed by atoms with van der Waals surface area (Å²) in [5.41, 5.74) is 1.85. The van der Waals surface area contributed by atoms with Crippen molar-refractivity contribution in [2.45, 2.75) is 19.9 Å². The van der Waals surface area contributed by atoms with E-state index in [1.165, 1.54) is 15.9 Å². The molecule has 4 rings (SSSR count). The molecular formula is C24H22N2O5S. The van der Waals surface area contributed by atoms with Crippen molar-refractivity contribution in [1.29, 1.82) is 0 Å². The Hall–Kier alpha value is -3.65. The van der Waals surface area contributed by atoms with Crippen molar-refractivity contribution in [3.8, 4) is 11.5 Å². The van der Waals surface area contributed by atoms with Crippen LogP contribution in [0.25, 0.3) is 6.08 Å². The molecule has 0 spiro atoms. The van der Waals surface area contributed by atoms with Gasteiger partial charge in [0.05, 0.1) is 29.5 Å². The van der Waals surface area contributed by atoms with Crippen LogP contribution in [0.15, 0.2) is 69.6 Å². The minimum Gasteiger partial charge on any atom is -0.508 e. The van der Waals surface area contributed by atoms with Gasteiger partial charge in [0, 0.05) is 5.56 Å². The van der Waals surface area contributed by atoms with E-state index < -0.39 is 12.0 Å². The predicted octanol–water partition coefficient (Wildman–Crippen LogP) is 2.51. The number of nitrogens with zero attached hydrogens (tertiary/aromatic N) is 2. The molecule has 1 aromatic heterocycles. The van der Waals surface area contributed by atoms with E-state index in [1.54, 1.807) is 57.4 Å². The Kier molecular flexibility index (Phi) is 5.96. The zero-order valence-electron chi connectivity index (χ0n) is 17.9. The van der Waals surface area contributed by atoms with Crippen molar-refractivity contribution >= 4 is 23.4 Å². The van der Waals surface area contributed by atoms with Gasteiger partial charge in [-0.15, -0.1) is 0 Å². The highest BCUT2D eigenvalue weighted by atomic mass is 32.1. The molecule has 1 atom stereocenters. The molecule has 0 saturated heterocycles. The molecule has 32 heavy (non-hydrogen) atoms. The summed E-state index contributed by atoms with van der Waals surface area (Å²) in [6.07, 6.45) is 1.70. The first-order chi connectivity index (χ1) is 15.4. The zero-order chi connectivity index (χ0) is 22.8. The summed E-state index contributed by atoms with van der Waals surface area (Å²) in [6, 6.07) is 13.2. The van der Waals surface area contributed by atoms with Crippen LogP contribution in [-0.2, 0) is 9.53 Å². The van der Waals surface area contributed by atoms with Crippen LogP contribution in [0.2, 0.25) is 0 Å². The lowest BCUT2D eigenvalue weighted by molar-refractivity contribution is -0.139. The smallest absolute Gasteiger partial charge is 0.338 e. The number of carbonyl (C=O) groups is 1. The number of ether oxygens (including phenoxy) is 2. The second-order valence-electron chi connectivity index (χ2n) is 7.14. The first kappa shape index (κ1) is 21.6. The molecule has 2 aromatic carbocycles. The van der Waals surface area contributed by atoms with Crippen LogP contribution < -0.4 is 19.6 Å². The van der Waals surface area contributed by atoms with Gasteiger partial charge in [0.1, 0.15) is 17.5 Å². The largest absolute Gasteiger partial charge is 0.508 e. The summed E-state index contributed by atoms with van der Waals surface area (Å²) in [6.45, 7) is 3.67. The molecule has 0 amide bonds. The minimum absolute atomic E-state index is 0.110. The monoisotopic (exact) mass is 450 g/mol. The Labute approximate surface area is 188 Å². The van der Waals surface area contributed by atoms with Gasteiger partial charge in [-0.05, 0) is 43.7 Å². The second kappa shape index (κ2) is 8.84. The molecule has 3 aromatic rings. The number of methoxy groups -OCH3 is 1. The lowest BCUT2D eigenvalue weighted by atomic mass is 9.95. The fourth-order valence-electron chi connectivity index (χ4n) is 3.74. The van der Waals surface area contributed by atoms with Gasteiger partial charge in [-0.3, -0.25) is 9.36 Å². The van der Waals surface area contributed by atoms with Gasteiger partial charge < -0.3 is 14.6 Å². The summed E-state index contributed by atoms with van der Waals surface area (Å²) in [4.78, 5) is 31.5. The van der Waals surface area contributed by atoms with Gasteiger partial charge in [-0.25, -0.2) is 9.79 Å². The topological polar surface area (TPSA) is 90.1 Å². The number of thiazole rings is 1. The molecule has 2 heterocycles. The van der Waals surface area contributed by atoms with Crippen molar-refractivity contribution in [2.24, 2.45) is 4.99 Å². The molecule has 0 fully saturated rings. The van der Waals surface area contributed by atoms with E-state index in [0.717, 1.165) is 0 Å². The van der Waals surface area contributed by atoms with Gasteiger partial charge in [0.15, 0.2) is 4.80 Å². The average Bonchev–Trinajstić information content (AvgIpc) is 3.07.